The summed E-state index contributed by atoms with van der Waals surface area (Å²) in [5.74, 6) is 1.39. The average Bonchev–Trinajstić information content (AvgIpc) is 3.30. The van der Waals surface area contributed by atoms with E-state index in [9.17, 15) is 0 Å². The van der Waals surface area contributed by atoms with Crippen molar-refractivity contribution in [3.63, 3.8) is 0 Å². The van der Waals surface area contributed by atoms with E-state index >= 15 is 0 Å². The minimum absolute atomic E-state index is 0.635. The van der Waals surface area contributed by atoms with Crippen LogP contribution in [-0.4, -0.2) is 19.9 Å². The van der Waals surface area contributed by atoms with Crippen molar-refractivity contribution in [2.75, 3.05) is 0 Å². The Bertz CT molecular complexity index is 983. The molecule has 0 saturated heterocycles. The molecule has 0 radical (unpaired) electrons. The average molecular weight is 369 g/mol. The molecule has 0 atom stereocenters. The summed E-state index contributed by atoms with van der Waals surface area (Å²) >= 11 is 7.60. The van der Waals surface area contributed by atoms with Crippen LogP contribution in [0.2, 0.25) is 5.02 Å². The van der Waals surface area contributed by atoms with Crippen LogP contribution in [0, 0.1) is 0 Å². The summed E-state index contributed by atoms with van der Waals surface area (Å²) in [5.41, 5.74) is 2.78. The van der Waals surface area contributed by atoms with Crippen LogP contribution in [0.5, 0.6) is 0 Å². The summed E-state index contributed by atoms with van der Waals surface area (Å²) in [6.45, 7) is 0. The number of thioether (sulfide) groups is 1. The van der Waals surface area contributed by atoms with Crippen LogP contribution in [-0.2, 0) is 5.75 Å². The smallest absolute Gasteiger partial charge is 0.195 e. The van der Waals surface area contributed by atoms with Crippen molar-refractivity contribution < 1.29 is 4.52 Å². The molecule has 2 aromatic carbocycles. The van der Waals surface area contributed by atoms with E-state index in [4.69, 9.17) is 16.1 Å². The maximum Gasteiger partial charge on any atom is 0.195 e. The second-order valence-electron chi connectivity index (χ2n) is 5.30. The zero-order chi connectivity index (χ0) is 17.1. The van der Waals surface area contributed by atoms with E-state index < -0.39 is 0 Å². The van der Waals surface area contributed by atoms with Gasteiger partial charge in [-0.1, -0.05) is 64.9 Å². The van der Waals surface area contributed by atoms with Crippen molar-refractivity contribution in [1.82, 2.24) is 19.9 Å². The van der Waals surface area contributed by atoms with Gasteiger partial charge in [-0.05, 0) is 18.2 Å². The molecular weight excluding hydrogens is 356 g/mol. The molecule has 4 aromatic rings. The summed E-state index contributed by atoms with van der Waals surface area (Å²) in [5, 5.41) is 13.8. The van der Waals surface area contributed by atoms with Crippen molar-refractivity contribution in [3.05, 3.63) is 77.7 Å². The van der Waals surface area contributed by atoms with Crippen molar-refractivity contribution in [1.29, 1.82) is 0 Å². The fourth-order valence-electron chi connectivity index (χ4n) is 2.38. The Kier molecular flexibility index (Phi) is 4.54. The van der Waals surface area contributed by atoms with E-state index in [1.54, 1.807) is 6.33 Å². The third kappa shape index (κ3) is 3.60. The maximum absolute atomic E-state index is 6.06. The Hall–Kier alpha value is -2.57. The van der Waals surface area contributed by atoms with E-state index in [2.05, 4.69) is 15.4 Å². The molecule has 0 fully saturated rings. The Labute approximate surface area is 153 Å². The van der Waals surface area contributed by atoms with E-state index in [-0.39, 0.29) is 0 Å². The topological polar surface area (TPSA) is 56.7 Å². The van der Waals surface area contributed by atoms with Crippen molar-refractivity contribution in [3.8, 4) is 17.0 Å². The van der Waals surface area contributed by atoms with Gasteiger partial charge in [0.25, 0.3) is 0 Å². The highest BCUT2D eigenvalue weighted by molar-refractivity contribution is 7.98. The molecule has 0 N–H and O–H groups in total. The van der Waals surface area contributed by atoms with Gasteiger partial charge in [-0.15, -0.1) is 10.2 Å². The molecule has 124 valence electrons. The van der Waals surface area contributed by atoms with Gasteiger partial charge in [0, 0.05) is 22.4 Å². The number of nitrogens with zero attached hydrogens (tertiary/aromatic N) is 4. The lowest BCUT2D eigenvalue weighted by molar-refractivity contribution is 0.426. The molecule has 0 unspecified atom stereocenters. The van der Waals surface area contributed by atoms with Crippen LogP contribution in [0.1, 0.15) is 5.69 Å². The predicted molar refractivity (Wildman–Crippen MR) is 97.9 cm³/mol. The van der Waals surface area contributed by atoms with Crippen LogP contribution < -0.4 is 0 Å². The molecule has 25 heavy (non-hydrogen) atoms. The molecule has 2 aromatic heterocycles. The molecule has 0 aliphatic carbocycles. The lowest BCUT2D eigenvalue weighted by Gasteiger charge is -2.05. The summed E-state index contributed by atoms with van der Waals surface area (Å²) in [6.07, 6.45) is 1.67. The van der Waals surface area contributed by atoms with Gasteiger partial charge in [-0.2, -0.15) is 0 Å². The van der Waals surface area contributed by atoms with Gasteiger partial charge in [-0.3, -0.25) is 4.57 Å². The number of hydrogen-bond acceptors (Lipinski definition) is 5. The molecule has 2 heterocycles. The first kappa shape index (κ1) is 15.9. The highest BCUT2D eigenvalue weighted by Crippen LogP contribution is 2.26. The second-order valence-corrected chi connectivity index (χ2v) is 6.68. The van der Waals surface area contributed by atoms with Crippen molar-refractivity contribution >= 4 is 23.4 Å². The highest BCUT2D eigenvalue weighted by Gasteiger charge is 2.11. The summed E-state index contributed by atoms with van der Waals surface area (Å²) in [4.78, 5) is 0. The van der Waals surface area contributed by atoms with Gasteiger partial charge >= 0.3 is 0 Å². The Morgan fingerprint density at radius 3 is 2.76 bits per heavy atom. The van der Waals surface area contributed by atoms with Crippen molar-refractivity contribution in [2.45, 2.75) is 10.9 Å². The lowest BCUT2D eigenvalue weighted by atomic mass is 10.2. The first-order valence-corrected chi connectivity index (χ1v) is 8.96. The molecule has 4 rings (SSSR count). The van der Waals surface area contributed by atoms with Crippen LogP contribution in [0.25, 0.3) is 17.0 Å². The molecule has 0 spiro atoms. The normalized spacial score (nSPS) is 10.9. The minimum atomic E-state index is 0.635. The third-order valence-electron chi connectivity index (χ3n) is 3.57. The molecule has 5 nitrogen and oxygen atoms in total. The predicted octanol–water partition coefficient (Wildman–Crippen LogP) is 4.87. The van der Waals surface area contributed by atoms with Crippen LogP contribution >= 0.6 is 23.4 Å². The summed E-state index contributed by atoms with van der Waals surface area (Å²) in [7, 11) is 0. The Morgan fingerprint density at radius 1 is 1.04 bits per heavy atom. The second kappa shape index (κ2) is 7.13. The molecule has 0 aliphatic rings. The van der Waals surface area contributed by atoms with Gasteiger partial charge in [0.05, 0.1) is 11.4 Å². The largest absolute Gasteiger partial charge is 0.356 e. The zero-order valence-corrected chi connectivity index (χ0v) is 14.6. The van der Waals surface area contributed by atoms with Crippen LogP contribution in [0.3, 0.4) is 0 Å². The van der Waals surface area contributed by atoms with Crippen molar-refractivity contribution in [2.24, 2.45) is 0 Å². The monoisotopic (exact) mass is 368 g/mol. The Morgan fingerprint density at radius 2 is 1.92 bits per heavy atom. The standard InChI is InChI=1S/C18H13ClN4OS/c19-14-7-4-8-16(9-14)23-12-20-21-18(23)25-11-15-10-17(24-22-15)13-5-2-1-3-6-13/h1-10,12H,11H2. The van der Waals surface area contributed by atoms with E-state index in [1.807, 2.05) is 65.2 Å². The van der Waals surface area contributed by atoms with Gasteiger partial charge < -0.3 is 4.52 Å². The van der Waals surface area contributed by atoms with Crippen LogP contribution in [0.4, 0.5) is 0 Å². The van der Waals surface area contributed by atoms with Crippen LogP contribution in [0.15, 0.2) is 76.7 Å². The van der Waals surface area contributed by atoms with Gasteiger partial charge in [0.1, 0.15) is 6.33 Å². The zero-order valence-electron chi connectivity index (χ0n) is 13.0. The minimum Gasteiger partial charge on any atom is -0.356 e. The molecule has 0 saturated carbocycles. The number of halogens is 1. The lowest BCUT2D eigenvalue weighted by Crippen LogP contribution is -1.95. The number of aromatic nitrogens is 4. The van der Waals surface area contributed by atoms with E-state index in [1.165, 1.54) is 11.8 Å². The summed E-state index contributed by atoms with van der Waals surface area (Å²) < 4.78 is 7.33. The molecular formula is C18H13ClN4OS. The quantitative estimate of drug-likeness (QED) is 0.470. The molecule has 0 bridgehead atoms. The number of hydrogen-bond donors (Lipinski definition) is 0. The van der Waals surface area contributed by atoms with Gasteiger partial charge in [-0.25, -0.2) is 0 Å². The molecule has 7 heteroatoms. The van der Waals surface area contributed by atoms with Gasteiger partial charge in [0.15, 0.2) is 10.9 Å². The highest BCUT2D eigenvalue weighted by atomic mass is 35.5. The first-order chi connectivity index (χ1) is 12.3. The third-order valence-corrected chi connectivity index (χ3v) is 4.78. The van der Waals surface area contributed by atoms with E-state index in [0.717, 1.165) is 27.9 Å². The summed E-state index contributed by atoms with van der Waals surface area (Å²) in [6, 6.07) is 19.4. The fraction of sp³-hybridized carbons (Fsp3) is 0.0556. The SMILES string of the molecule is Clc1cccc(-n2cnnc2SCc2cc(-c3ccccc3)on2)c1. The van der Waals surface area contributed by atoms with E-state index in [0.29, 0.717) is 10.8 Å². The first-order valence-electron chi connectivity index (χ1n) is 7.59. The number of rotatable bonds is 5. The fourth-order valence-corrected chi connectivity index (χ4v) is 3.38. The maximum atomic E-state index is 6.06. The van der Waals surface area contributed by atoms with Gasteiger partial charge in [0.2, 0.25) is 0 Å². The Balaban J connectivity index is 1.50. The number of benzene rings is 2. The molecule has 0 amide bonds. The molecule has 0 aliphatic heterocycles.